The molecule has 6 nitrogen and oxygen atoms in total. The van der Waals surface area contributed by atoms with Crippen LogP contribution in [0.15, 0.2) is 6.20 Å². The molecule has 2 aliphatic rings. The van der Waals surface area contributed by atoms with Crippen molar-refractivity contribution in [3.8, 4) is 0 Å². The van der Waals surface area contributed by atoms with Gasteiger partial charge < -0.3 is 10.1 Å². The number of ether oxygens (including phenoxy) is 1. The topological polar surface area (TPSA) is 67.3 Å². The fraction of sp³-hybridized carbons (Fsp3) is 0.667. The van der Waals surface area contributed by atoms with Gasteiger partial charge in [-0.3, -0.25) is 4.90 Å². The van der Waals surface area contributed by atoms with Gasteiger partial charge in [0.2, 0.25) is 5.95 Å². The van der Waals surface area contributed by atoms with E-state index in [-0.39, 0.29) is 5.97 Å². The van der Waals surface area contributed by atoms with E-state index in [1.54, 1.807) is 13.1 Å². The number of esters is 1. The third kappa shape index (κ3) is 2.85. The Balaban J connectivity index is 1.69. The van der Waals surface area contributed by atoms with E-state index in [1.165, 1.54) is 19.4 Å². The number of aryl methyl sites for hydroxylation is 1. The third-order valence-corrected chi connectivity index (χ3v) is 4.40. The molecular weight excluding hydrogens is 268 g/mol. The number of hydrogen-bond donors (Lipinski definition) is 1. The van der Waals surface area contributed by atoms with E-state index < -0.39 is 0 Å². The number of carbonyl (C=O) groups is 1. The van der Waals surface area contributed by atoms with Crippen LogP contribution >= 0.6 is 0 Å². The molecule has 1 N–H and O–H groups in total. The Labute approximate surface area is 124 Å². The lowest BCUT2D eigenvalue weighted by molar-refractivity contribution is 0.0524. The van der Waals surface area contributed by atoms with Crippen molar-refractivity contribution >= 4 is 11.9 Å². The van der Waals surface area contributed by atoms with Crippen LogP contribution in [0.5, 0.6) is 0 Å². The summed E-state index contributed by atoms with van der Waals surface area (Å²) in [7, 11) is 0. The maximum atomic E-state index is 11.7. The molecule has 0 saturated carbocycles. The van der Waals surface area contributed by atoms with Crippen LogP contribution in [0.2, 0.25) is 0 Å². The number of fused-ring (bicyclic) bond motifs is 1. The van der Waals surface area contributed by atoms with E-state index in [2.05, 4.69) is 20.2 Å². The van der Waals surface area contributed by atoms with Gasteiger partial charge in [-0.2, -0.15) is 0 Å². The first kappa shape index (κ1) is 14.3. The Morgan fingerprint density at radius 1 is 1.48 bits per heavy atom. The molecule has 2 saturated heterocycles. The molecule has 1 aromatic heterocycles. The van der Waals surface area contributed by atoms with Crippen LogP contribution in [-0.4, -0.2) is 52.6 Å². The molecule has 2 atom stereocenters. The van der Waals surface area contributed by atoms with Gasteiger partial charge in [0.15, 0.2) is 0 Å². The number of nitrogens with zero attached hydrogens (tertiary/aromatic N) is 3. The molecular formula is C15H22N4O2. The zero-order valence-electron chi connectivity index (χ0n) is 12.6. The zero-order chi connectivity index (χ0) is 14.8. The summed E-state index contributed by atoms with van der Waals surface area (Å²) in [6.07, 6.45) is 5.22. The minimum absolute atomic E-state index is 0.357. The summed E-state index contributed by atoms with van der Waals surface area (Å²) in [6.45, 7) is 6.33. The Bertz CT molecular complexity index is 534. The summed E-state index contributed by atoms with van der Waals surface area (Å²) in [5.41, 5.74) is 1.10. The number of anilines is 1. The summed E-state index contributed by atoms with van der Waals surface area (Å²) in [4.78, 5) is 23.0. The summed E-state index contributed by atoms with van der Waals surface area (Å²) in [5.74, 6) is 0.253. The lowest BCUT2D eigenvalue weighted by atomic mass is 10.1. The predicted octanol–water partition coefficient (Wildman–Crippen LogP) is 1.61. The van der Waals surface area contributed by atoms with Gasteiger partial charge in [-0.15, -0.1) is 0 Å². The SMILES string of the molecule is CCOC(=O)c1cnc(NC2CCN3CCCC23)nc1C. The van der Waals surface area contributed by atoms with Crippen molar-refractivity contribution in [3.63, 3.8) is 0 Å². The minimum Gasteiger partial charge on any atom is -0.462 e. The number of rotatable bonds is 4. The summed E-state index contributed by atoms with van der Waals surface area (Å²) in [6, 6.07) is 1.03. The Morgan fingerprint density at radius 3 is 3.10 bits per heavy atom. The Hall–Kier alpha value is -1.69. The van der Waals surface area contributed by atoms with Gasteiger partial charge >= 0.3 is 5.97 Å². The maximum Gasteiger partial charge on any atom is 0.341 e. The van der Waals surface area contributed by atoms with E-state index in [4.69, 9.17) is 4.74 Å². The summed E-state index contributed by atoms with van der Waals surface area (Å²) in [5, 5.41) is 3.44. The molecule has 2 aliphatic heterocycles. The van der Waals surface area contributed by atoms with Crippen LogP contribution in [0.25, 0.3) is 0 Å². The number of nitrogens with one attached hydrogen (secondary N) is 1. The average Bonchev–Trinajstić information content (AvgIpc) is 3.04. The van der Waals surface area contributed by atoms with Gasteiger partial charge in [-0.05, 0) is 39.7 Å². The second-order valence-electron chi connectivity index (χ2n) is 5.70. The first-order chi connectivity index (χ1) is 10.2. The summed E-state index contributed by atoms with van der Waals surface area (Å²) < 4.78 is 4.99. The van der Waals surface area contributed by atoms with Crippen molar-refractivity contribution in [2.75, 3.05) is 25.0 Å². The molecule has 21 heavy (non-hydrogen) atoms. The molecule has 1 aromatic rings. The van der Waals surface area contributed by atoms with Gasteiger partial charge in [-0.1, -0.05) is 0 Å². The number of hydrogen-bond acceptors (Lipinski definition) is 6. The molecule has 0 bridgehead atoms. The van der Waals surface area contributed by atoms with Crippen LogP contribution in [0.3, 0.4) is 0 Å². The highest BCUT2D eigenvalue weighted by atomic mass is 16.5. The van der Waals surface area contributed by atoms with Crippen molar-refractivity contribution in [1.29, 1.82) is 0 Å². The second kappa shape index (κ2) is 5.97. The lowest BCUT2D eigenvalue weighted by Gasteiger charge is -2.21. The molecule has 114 valence electrons. The molecule has 0 aromatic carbocycles. The Morgan fingerprint density at radius 2 is 2.33 bits per heavy atom. The summed E-state index contributed by atoms with van der Waals surface area (Å²) >= 11 is 0. The quantitative estimate of drug-likeness (QED) is 0.850. The molecule has 2 unspecified atom stereocenters. The highest BCUT2D eigenvalue weighted by Crippen LogP contribution is 2.29. The molecule has 3 rings (SSSR count). The van der Waals surface area contributed by atoms with E-state index in [1.807, 2.05) is 6.92 Å². The van der Waals surface area contributed by atoms with Crippen molar-refractivity contribution < 1.29 is 9.53 Å². The second-order valence-corrected chi connectivity index (χ2v) is 5.70. The largest absolute Gasteiger partial charge is 0.462 e. The molecule has 3 heterocycles. The van der Waals surface area contributed by atoms with Crippen LogP contribution in [-0.2, 0) is 4.74 Å². The number of carbonyl (C=O) groups excluding carboxylic acids is 1. The first-order valence-corrected chi connectivity index (χ1v) is 7.70. The van der Waals surface area contributed by atoms with E-state index in [9.17, 15) is 4.79 Å². The standard InChI is InChI=1S/C15H22N4O2/c1-3-21-14(20)11-9-16-15(17-10(11)2)18-12-6-8-19-7-4-5-13(12)19/h9,12-13H,3-8H2,1-2H3,(H,16,17,18). The molecule has 0 spiro atoms. The van der Waals surface area contributed by atoms with Crippen molar-refractivity contribution in [3.05, 3.63) is 17.5 Å². The van der Waals surface area contributed by atoms with Crippen LogP contribution in [0.4, 0.5) is 5.95 Å². The first-order valence-electron chi connectivity index (χ1n) is 7.70. The molecule has 6 heteroatoms. The smallest absolute Gasteiger partial charge is 0.341 e. The van der Waals surface area contributed by atoms with E-state index in [0.29, 0.717) is 35.9 Å². The molecule has 0 aliphatic carbocycles. The van der Waals surface area contributed by atoms with Gasteiger partial charge in [0.05, 0.1) is 17.9 Å². The van der Waals surface area contributed by atoms with E-state index in [0.717, 1.165) is 13.0 Å². The maximum absolute atomic E-state index is 11.7. The van der Waals surface area contributed by atoms with Gasteiger partial charge in [0, 0.05) is 24.8 Å². The van der Waals surface area contributed by atoms with E-state index >= 15 is 0 Å². The highest BCUT2D eigenvalue weighted by Gasteiger charge is 2.37. The fourth-order valence-electron chi connectivity index (χ4n) is 3.36. The fourth-order valence-corrected chi connectivity index (χ4v) is 3.36. The Kier molecular flexibility index (Phi) is 4.05. The number of aromatic nitrogens is 2. The third-order valence-electron chi connectivity index (χ3n) is 4.40. The molecule has 0 amide bonds. The van der Waals surface area contributed by atoms with Crippen LogP contribution < -0.4 is 5.32 Å². The minimum atomic E-state index is -0.357. The predicted molar refractivity (Wildman–Crippen MR) is 79.3 cm³/mol. The average molecular weight is 290 g/mol. The van der Waals surface area contributed by atoms with Gasteiger partial charge in [-0.25, -0.2) is 14.8 Å². The highest BCUT2D eigenvalue weighted by molar-refractivity contribution is 5.90. The monoisotopic (exact) mass is 290 g/mol. The van der Waals surface area contributed by atoms with Crippen molar-refractivity contribution in [2.45, 2.75) is 45.2 Å². The van der Waals surface area contributed by atoms with Crippen LogP contribution in [0.1, 0.15) is 42.2 Å². The van der Waals surface area contributed by atoms with Crippen molar-refractivity contribution in [1.82, 2.24) is 14.9 Å². The van der Waals surface area contributed by atoms with Gasteiger partial charge in [0.25, 0.3) is 0 Å². The molecule has 0 radical (unpaired) electrons. The van der Waals surface area contributed by atoms with Crippen LogP contribution in [0, 0.1) is 6.92 Å². The van der Waals surface area contributed by atoms with Crippen molar-refractivity contribution in [2.24, 2.45) is 0 Å². The van der Waals surface area contributed by atoms with Gasteiger partial charge in [0.1, 0.15) is 0 Å². The normalized spacial score (nSPS) is 24.9. The zero-order valence-corrected chi connectivity index (χ0v) is 12.6. The molecule has 2 fully saturated rings. The lowest BCUT2D eigenvalue weighted by Crippen LogP contribution is -2.34.